The fourth-order valence-electron chi connectivity index (χ4n) is 2.09. The second kappa shape index (κ2) is 8.54. The molecule has 4 nitrogen and oxygen atoms in total. The number of hydrogen-bond acceptors (Lipinski definition) is 3. The Balaban J connectivity index is 2.58. The molecule has 0 aliphatic heterocycles. The Morgan fingerprint density at radius 2 is 2.04 bits per heavy atom. The van der Waals surface area contributed by atoms with E-state index in [-0.39, 0.29) is 16.1 Å². The van der Waals surface area contributed by atoms with Gasteiger partial charge in [0.2, 0.25) is 0 Å². The summed E-state index contributed by atoms with van der Waals surface area (Å²) < 4.78 is 40.6. The quantitative estimate of drug-likeness (QED) is 0.690. The van der Waals surface area contributed by atoms with Gasteiger partial charge in [0.1, 0.15) is 5.75 Å². The average molecular weight is 398 g/mol. The van der Waals surface area contributed by atoms with Crippen LogP contribution in [0.5, 0.6) is 5.75 Å². The Bertz CT molecular complexity index is 535. The predicted octanol–water partition coefficient (Wildman–Crippen LogP) is 4.18. The van der Waals surface area contributed by atoms with E-state index < -0.39 is 18.2 Å². The molecular formula is C15H19BrF3NO3. The second-order valence-corrected chi connectivity index (χ2v) is 6.46. The molecule has 1 atom stereocenters. The van der Waals surface area contributed by atoms with Crippen molar-refractivity contribution in [2.75, 3.05) is 6.54 Å². The third-order valence-corrected chi connectivity index (χ3v) is 3.67. The van der Waals surface area contributed by atoms with E-state index in [1.54, 1.807) is 0 Å². The normalized spacial score (nSPS) is 13.2. The van der Waals surface area contributed by atoms with E-state index in [1.165, 1.54) is 18.2 Å². The summed E-state index contributed by atoms with van der Waals surface area (Å²) in [6, 6.07) is 4.22. The first kappa shape index (κ1) is 19.8. The lowest BCUT2D eigenvalue weighted by Gasteiger charge is -2.16. The van der Waals surface area contributed by atoms with Crippen LogP contribution in [0.3, 0.4) is 0 Å². The molecule has 1 aromatic carbocycles. The number of carboxylic acids is 1. The molecule has 2 N–H and O–H groups in total. The Hall–Kier alpha value is -1.28. The first-order valence-corrected chi connectivity index (χ1v) is 7.85. The molecule has 8 heteroatoms. The van der Waals surface area contributed by atoms with Crippen molar-refractivity contribution in [1.29, 1.82) is 0 Å². The molecule has 0 saturated carbocycles. The van der Waals surface area contributed by atoms with Gasteiger partial charge in [-0.15, -0.1) is 13.2 Å². The minimum atomic E-state index is -4.74. The molecule has 1 rings (SSSR count). The van der Waals surface area contributed by atoms with Gasteiger partial charge >= 0.3 is 12.3 Å². The number of hydrogen-bond donors (Lipinski definition) is 2. The second-order valence-electron chi connectivity index (χ2n) is 5.61. The summed E-state index contributed by atoms with van der Waals surface area (Å²) in [4.78, 5) is 11.1. The van der Waals surface area contributed by atoms with Crippen molar-refractivity contribution in [2.45, 2.75) is 33.2 Å². The van der Waals surface area contributed by atoms with E-state index in [9.17, 15) is 18.0 Å². The Morgan fingerprint density at radius 1 is 1.39 bits per heavy atom. The number of benzene rings is 1. The van der Waals surface area contributed by atoms with Crippen LogP contribution < -0.4 is 10.1 Å². The van der Waals surface area contributed by atoms with Crippen LogP contribution in [0.25, 0.3) is 0 Å². The summed E-state index contributed by atoms with van der Waals surface area (Å²) in [7, 11) is 0. The van der Waals surface area contributed by atoms with Crippen LogP contribution in [0.15, 0.2) is 22.7 Å². The molecule has 0 bridgehead atoms. The maximum atomic E-state index is 12.2. The van der Waals surface area contributed by atoms with Gasteiger partial charge in [-0.3, -0.25) is 4.79 Å². The summed E-state index contributed by atoms with van der Waals surface area (Å²) >= 11 is 3.03. The number of halogens is 4. The number of rotatable bonds is 8. The number of ether oxygens (including phenoxy) is 1. The Kier molecular flexibility index (Phi) is 7.34. The van der Waals surface area contributed by atoms with Gasteiger partial charge in [-0.1, -0.05) is 19.9 Å². The molecule has 130 valence electrons. The predicted molar refractivity (Wildman–Crippen MR) is 83.1 cm³/mol. The number of carboxylic acid groups (broad SMARTS) is 1. The van der Waals surface area contributed by atoms with Crippen LogP contribution in [0, 0.1) is 11.8 Å². The molecule has 0 fully saturated rings. The van der Waals surface area contributed by atoms with Gasteiger partial charge in [0.25, 0.3) is 0 Å². The highest BCUT2D eigenvalue weighted by Crippen LogP contribution is 2.31. The molecule has 0 aliphatic carbocycles. The van der Waals surface area contributed by atoms with Crippen molar-refractivity contribution < 1.29 is 27.8 Å². The summed E-state index contributed by atoms with van der Waals surface area (Å²) in [5.41, 5.74) is 0.722. The van der Waals surface area contributed by atoms with Gasteiger partial charge in [0.15, 0.2) is 0 Å². The molecule has 0 spiro atoms. The van der Waals surface area contributed by atoms with Crippen molar-refractivity contribution in [3.63, 3.8) is 0 Å². The number of carbonyl (C=O) groups is 1. The lowest BCUT2D eigenvalue weighted by molar-refractivity contribution is -0.274. The zero-order chi connectivity index (χ0) is 17.6. The minimum Gasteiger partial charge on any atom is -0.481 e. The zero-order valence-corrected chi connectivity index (χ0v) is 14.4. The largest absolute Gasteiger partial charge is 0.573 e. The highest BCUT2D eigenvalue weighted by Gasteiger charge is 2.31. The van der Waals surface area contributed by atoms with Crippen molar-refractivity contribution >= 4 is 21.9 Å². The van der Waals surface area contributed by atoms with Gasteiger partial charge in [-0.05, 0) is 46.0 Å². The standard InChI is InChI=1S/C15H19BrF3NO3/c1-9(2)5-11(14(21)22)8-20-7-10-3-4-13(12(16)6-10)23-15(17,18)19/h3-4,6,9,11,20H,5,7-8H2,1-2H3,(H,21,22). The van der Waals surface area contributed by atoms with Crippen molar-refractivity contribution in [3.8, 4) is 5.75 Å². The van der Waals surface area contributed by atoms with E-state index >= 15 is 0 Å². The molecule has 0 heterocycles. The fraction of sp³-hybridized carbons (Fsp3) is 0.533. The maximum absolute atomic E-state index is 12.2. The lowest BCUT2D eigenvalue weighted by atomic mass is 9.97. The third-order valence-electron chi connectivity index (χ3n) is 3.05. The highest BCUT2D eigenvalue weighted by molar-refractivity contribution is 9.10. The van der Waals surface area contributed by atoms with Crippen LogP contribution >= 0.6 is 15.9 Å². The number of nitrogens with one attached hydrogen (secondary N) is 1. The monoisotopic (exact) mass is 397 g/mol. The SMILES string of the molecule is CC(C)CC(CNCc1ccc(OC(F)(F)F)c(Br)c1)C(=O)O. The molecule has 0 aliphatic rings. The van der Waals surface area contributed by atoms with Gasteiger partial charge in [-0.2, -0.15) is 0 Å². The summed E-state index contributed by atoms with van der Waals surface area (Å²) in [6.45, 7) is 4.55. The summed E-state index contributed by atoms with van der Waals surface area (Å²) in [5, 5.41) is 12.2. The first-order valence-electron chi connectivity index (χ1n) is 7.06. The molecule has 0 radical (unpaired) electrons. The van der Waals surface area contributed by atoms with Gasteiger partial charge < -0.3 is 15.2 Å². The zero-order valence-electron chi connectivity index (χ0n) is 12.8. The maximum Gasteiger partial charge on any atom is 0.573 e. The van der Waals surface area contributed by atoms with Crippen LogP contribution in [0.4, 0.5) is 13.2 Å². The molecule has 0 saturated heterocycles. The minimum absolute atomic E-state index is 0.186. The van der Waals surface area contributed by atoms with Crippen molar-refractivity contribution in [3.05, 3.63) is 28.2 Å². The van der Waals surface area contributed by atoms with E-state index in [2.05, 4.69) is 26.0 Å². The fourth-order valence-corrected chi connectivity index (χ4v) is 2.60. The summed E-state index contributed by atoms with van der Waals surface area (Å²) in [6.07, 6.45) is -4.18. The van der Waals surface area contributed by atoms with Gasteiger partial charge in [-0.25, -0.2) is 0 Å². The number of aliphatic carboxylic acids is 1. The smallest absolute Gasteiger partial charge is 0.481 e. The van der Waals surface area contributed by atoms with Crippen LogP contribution in [-0.4, -0.2) is 24.0 Å². The Morgan fingerprint density at radius 3 is 2.52 bits per heavy atom. The topological polar surface area (TPSA) is 58.6 Å². The first-order chi connectivity index (χ1) is 10.6. The van der Waals surface area contributed by atoms with Crippen LogP contribution in [0.1, 0.15) is 25.8 Å². The van der Waals surface area contributed by atoms with E-state index in [0.717, 1.165) is 5.56 Å². The molecule has 23 heavy (non-hydrogen) atoms. The van der Waals surface area contributed by atoms with Gasteiger partial charge in [0, 0.05) is 13.1 Å². The molecule has 0 amide bonds. The van der Waals surface area contributed by atoms with Crippen LogP contribution in [0.2, 0.25) is 0 Å². The number of alkyl halides is 3. The summed E-state index contributed by atoms with van der Waals surface area (Å²) in [5.74, 6) is -1.40. The molecular weight excluding hydrogens is 379 g/mol. The van der Waals surface area contributed by atoms with Crippen molar-refractivity contribution in [1.82, 2.24) is 5.32 Å². The third kappa shape index (κ3) is 7.69. The van der Waals surface area contributed by atoms with Gasteiger partial charge in [0.05, 0.1) is 10.4 Å². The lowest BCUT2D eigenvalue weighted by Crippen LogP contribution is -2.29. The van der Waals surface area contributed by atoms with Crippen LogP contribution in [-0.2, 0) is 11.3 Å². The highest BCUT2D eigenvalue weighted by atomic mass is 79.9. The van der Waals surface area contributed by atoms with E-state index in [4.69, 9.17) is 5.11 Å². The molecule has 0 aromatic heterocycles. The Labute approximate surface area is 141 Å². The van der Waals surface area contributed by atoms with E-state index in [0.29, 0.717) is 19.5 Å². The molecule has 1 unspecified atom stereocenters. The average Bonchev–Trinajstić information content (AvgIpc) is 2.38. The molecule has 1 aromatic rings. The van der Waals surface area contributed by atoms with Crippen molar-refractivity contribution in [2.24, 2.45) is 11.8 Å². The van der Waals surface area contributed by atoms with E-state index in [1.807, 2.05) is 13.8 Å².